The number of ether oxygens (including phenoxy) is 1. The Morgan fingerprint density at radius 1 is 1.20 bits per heavy atom. The van der Waals surface area contributed by atoms with Gasteiger partial charge in [0.2, 0.25) is 0 Å². The molecule has 3 aliphatic rings. The van der Waals surface area contributed by atoms with E-state index in [1.165, 1.54) is 6.42 Å². The maximum absolute atomic E-state index is 12.6. The molecule has 3 aliphatic carbocycles. The largest absolute Gasteiger partial charge is 0.444 e. The smallest absolute Gasteiger partial charge is 0.408 e. The van der Waals surface area contributed by atoms with Gasteiger partial charge in [-0.25, -0.2) is 4.79 Å². The SMILES string of the molecule is CC1CCC2C1C1C(CCC2(CC=O)NC(=O)OC(C)(C)C)C1(C)C. The maximum Gasteiger partial charge on any atom is 0.408 e. The van der Waals surface area contributed by atoms with Crippen molar-refractivity contribution in [3.63, 3.8) is 0 Å². The summed E-state index contributed by atoms with van der Waals surface area (Å²) in [7, 11) is 0. The van der Waals surface area contributed by atoms with Crippen LogP contribution in [0.2, 0.25) is 0 Å². The van der Waals surface area contributed by atoms with Crippen LogP contribution in [0.15, 0.2) is 0 Å². The van der Waals surface area contributed by atoms with Gasteiger partial charge in [0.05, 0.1) is 5.54 Å². The number of fused-ring (bicyclic) bond motifs is 3. The van der Waals surface area contributed by atoms with E-state index >= 15 is 0 Å². The van der Waals surface area contributed by atoms with Crippen LogP contribution in [0.25, 0.3) is 0 Å². The Labute approximate surface area is 152 Å². The Morgan fingerprint density at radius 2 is 1.88 bits per heavy atom. The average Bonchev–Trinajstić information content (AvgIpc) is 2.83. The van der Waals surface area contributed by atoms with Gasteiger partial charge in [0.1, 0.15) is 11.9 Å². The Bertz CT molecular complexity index is 550. The van der Waals surface area contributed by atoms with Crippen molar-refractivity contribution in [2.24, 2.45) is 35.0 Å². The third-order valence-electron chi connectivity index (χ3n) is 7.42. The molecule has 0 aliphatic heterocycles. The van der Waals surface area contributed by atoms with Gasteiger partial charge in [-0.05, 0) is 75.0 Å². The van der Waals surface area contributed by atoms with E-state index in [-0.39, 0.29) is 6.09 Å². The highest BCUT2D eigenvalue weighted by atomic mass is 16.6. The second-order valence-electron chi connectivity index (χ2n) is 10.4. The summed E-state index contributed by atoms with van der Waals surface area (Å²) < 4.78 is 5.54. The van der Waals surface area contributed by atoms with Crippen molar-refractivity contribution in [3.05, 3.63) is 0 Å². The van der Waals surface area contributed by atoms with E-state index in [1.54, 1.807) is 0 Å². The van der Waals surface area contributed by atoms with Gasteiger partial charge in [-0.15, -0.1) is 0 Å². The Balaban J connectivity index is 1.88. The molecule has 6 atom stereocenters. The van der Waals surface area contributed by atoms with Crippen LogP contribution in [0, 0.1) is 35.0 Å². The van der Waals surface area contributed by atoms with Crippen molar-refractivity contribution < 1.29 is 14.3 Å². The number of aldehydes is 1. The van der Waals surface area contributed by atoms with Crippen LogP contribution >= 0.6 is 0 Å². The van der Waals surface area contributed by atoms with Crippen molar-refractivity contribution >= 4 is 12.4 Å². The molecule has 3 fully saturated rings. The van der Waals surface area contributed by atoms with E-state index in [0.29, 0.717) is 29.6 Å². The zero-order valence-corrected chi connectivity index (χ0v) is 16.7. The van der Waals surface area contributed by atoms with Crippen molar-refractivity contribution in [1.82, 2.24) is 5.32 Å². The molecule has 0 bridgehead atoms. The minimum Gasteiger partial charge on any atom is -0.444 e. The lowest BCUT2D eigenvalue weighted by Gasteiger charge is -2.42. The third-order valence-corrected chi connectivity index (χ3v) is 7.42. The van der Waals surface area contributed by atoms with E-state index < -0.39 is 11.1 Å². The zero-order valence-electron chi connectivity index (χ0n) is 16.7. The van der Waals surface area contributed by atoms with Crippen molar-refractivity contribution in [3.8, 4) is 0 Å². The van der Waals surface area contributed by atoms with Gasteiger partial charge in [0, 0.05) is 6.42 Å². The summed E-state index contributed by atoms with van der Waals surface area (Å²) in [5.74, 6) is 3.14. The quantitative estimate of drug-likeness (QED) is 0.760. The number of hydrogen-bond acceptors (Lipinski definition) is 3. The molecule has 1 amide bonds. The summed E-state index contributed by atoms with van der Waals surface area (Å²) in [5.41, 5.74) is -0.534. The van der Waals surface area contributed by atoms with Gasteiger partial charge in [0.25, 0.3) is 0 Å². The van der Waals surface area contributed by atoms with E-state index in [2.05, 4.69) is 26.1 Å². The fourth-order valence-electron chi connectivity index (χ4n) is 6.29. The molecule has 0 spiro atoms. The molecule has 0 heterocycles. The molecule has 6 unspecified atom stereocenters. The molecular formula is C21H35NO3. The summed E-state index contributed by atoms with van der Waals surface area (Å²) in [6.45, 7) is 12.8. The minimum atomic E-state index is -0.524. The predicted molar refractivity (Wildman–Crippen MR) is 98.2 cm³/mol. The number of amides is 1. The van der Waals surface area contributed by atoms with Gasteiger partial charge in [-0.3, -0.25) is 0 Å². The molecule has 0 aromatic rings. The van der Waals surface area contributed by atoms with Crippen LogP contribution in [0.4, 0.5) is 4.79 Å². The normalized spacial score (nSPS) is 41.9. The molecule has 3 saturated carbocycles. The highest BCUT2D eigenvalue weighted by Crippen LogP contribution is 2.71. The minimum absolute atomic E-state index is 0.373. The van der Waals surface area contributed by atoms with Gasteiger partial charge in [-0.2, -0.15) is 0 Å². The highest BCUT2D eigenvalue weighted by molar-refractivity contribution is 5.70. The Kier molecular flexibility index (Phi) is 4.49. The summed E-state index contributed by atoms with van der Waals surface area (Å²) in [4.78, 5) is 24.1. The van der Waals surface area contributed by atoms with E-state index in [9.17, 15) is 9.59 Å². The van der Waals surface area contributed by atoms with Crippen LogP contribution in [0.5, 0.6) is 0 Å². The first-order valence-corrected chi connectivity index (χ1v) is 9.96. The molecule has 1 N–H and O–H groups in total. The van der Waals surface area contributed by atoms with E-state index in [4.69, 9.17) is 4.74 Å². The van der Waals surface area contributed by atoms with Crippen molar-refractivity contribution in [2.75, 3.05) is 0 Å². The van der Waals surface area contributed by atoms with E-state index in [1.807, 2.05) is 20.8 Å². The number of rotatable bonds is 3. The van der Waals surface area contributed by atoms with Gasteiger partial charge < -0.3 is 14.8 Å². The topological polar surface area (TPSA) is 55.4 Å². The molecule has 0 radical (unpaired) electrons. The lowest BCUT2D eigenvalue weighted by Crippen LogP contribution is -2.56. The first-order chi connectivity index (χ1) is 11.5. The van der Waals surface area contributed by atoms with Crippen LogP contribution in [-0.4, -0.2) is 23.5 Å². The molecule has 0 aromatic carbocycles. The van der Waals surface area contributed by atoms with Crippen LogP contribution in [0.1, 0.15) is 73.6 Å². The monoisotopic (exact) mass is 349 g/mol. The maximum atomic E-state index is 12.6. The fourth-order valence-corrected chi connectivity index (χ4v) is 6.29. The van der Waals surface area contributed by atoms with Crippen molar-refractivity contribution in [1.29, 1.82) is 0 Å². The van der Waals surface area contributed by atoms with Crippen molar-refractivity contribution in [2.45, 2.75) is 84.8 Å². The van der Waals surface area contributed by atoms with Gasteiger partial charge >= 0.3 is 6.09 Å². The Morgan fingerprint density at radius 3 is 2.48 bits per heavy atom. The predicted octanol–water partition coefficient (Wildman–Crippen LogP) is 4.57. The standard InChI is InChI=1S/C21H35NO3/c1-13-7-8-14-16(13)17-15(20(17,5)6)9-10-21(14,11-12-23)22-18(24)25-19(2,3)4/h12-17H,7-11H2,1-6H3,(H,22,24). The Hall–Kier alpha value is -1.06. The molecule has 142 valence electrons. The van der Waals surface area contributed by atoms with Crippen LogP contribution in [-0.2, 0) is 9.53 Å². The molecule has 3 rings (SSSR count). The van der Waals surface area contributed by atoms with Crippen LogP contribution < -0.4 is 5.32 Å². The lowest BCUT2D eigenvalue weighted by molar-refractivity contribution is -0.110. The molecule has 0 aromatic heterocycles. The highest BCUT2D eigenvalue weighted by Gasteiger charge is 2.67. The second-order valence-corrected chi connectivity index (χ2v) is 10.4. The molecule has 4 nitrogen and oxygen atoms in total. The fraction of sp³-hybridized carbons (Fsp3) is 0.905. The molecule has 4 heteroatoms. The second kappa shape index (κ2) is 5.99. The number of hydrogen-bond donors (Lipinski definition) is 1. The first-order valence-electron chi connectivity index (χ1n) is 9.96. The lowest BCUT2D eigenvalue weighted by atomic mass is 9.70. The number of nitrogens with one attached hydrogen (secondary N) is 1. The molecular weight excluding hydrogens is 314 g/mol. The van der Waals surface area contributed by atoms with Crippen LogP contribution in [0.3, 0.4) is 0 Å². The third kappa shape index (κ3) is 3.21. The number of carbonyl (C=O) groups is 2. The molecule has 0 saturated heterocycles. The summed E-state index contributed by atoms with van der Waals surface area (Å²) in [6.07, 6.45) is 5.33. The zero-order chi connectivity index (χ0) is 18.6. The van der Waals surface area contributed by atoms with E-state index in [0.717, 1.165) is 37.4 Å². The summed E-state index contributed by atoms with van der Waals surface area (Å²) in [5, 5.41) is 3.20. The number of alkyl carbamates (subject to hydrolysis) is 1. The van der Waals surface area contributed by atoms with Gasteiger partial charge in [-0.1, -0.05) is 27.2 Å². The summed E-state index contributed by atoms with van der Waals surface area (Å²) in [6, 6.07) is 0. The number of carbonyl (C=O) groups excluding carboxylic acids is 2. The molecule has 25 heavy (non-hydrogen) atoms. The summed E-state index contributed by atoms with van der Waals surface area (Å²) >= 11 is 0. The average molecular weight is 350 g/mol. The first kappa shape index (κ1) is 18.7. The van der Waals surface area contributed by atoms with Gasteiger partial charge in [0.15, 0.2) is 0 Å².